The van der Waals surface area contributed by atoms with Crippen LogP contribution >= 0.6 is 0 Å². The highest BCUT2D eigenvalue weighted by atomic mass is 16.5. The van der Waals surface area contributed by atoms with E-state index in [1.165, 1.54) is 6.07 Å². The summed E-state index contributed by atoms with van der Waals surface area (Å²) in [5, 5.41) is 8.48. The Morgan fingerprint density at radius 2 is 1.88 bits per heavy atom. The normalized spacial score (nSPS) is 10.1. The molecule has 0 saturated carbocycles. The van der Waals surface area contributed by atoms with Crippen LogP contribution in [-0.4, -0.2) is 37.7 Å². The van der Waals surface area contributed by atoms with Crippen LogP contribution < -0.4 is 20.1 Å². The molecular weight excluding hydrogens is 314 g/mol. The molecule has 2 N–H and O–H groups in total. The van der Waals surface area contributed by atoms with E-state index in [0.717, 1.165) is 5.56 Å². The first-order valence-electron chi connectivity index (χ1n) is 7.27. The van der Waals surface area contributed by atoms with E-state index in [2.05, 4.69) is 15.8 Å². The number of amides is 2. The second-order valence-corrected chi connectivity index (χ2v) is 4.97. The van der Waals surface area contributed by atoms with Crippen LogP contribution in [0, 0.1) is 6.92 Å². The number of rotatable bonds is 6. The monoisotopic (exact) mass is 333 g/mol. The van der Waals surface area contributed by atoms with Gasteiger partial charge in [0.1, 0.15) is 5.76 Å². The number of nitrogens with zero attached hydrogens (tertiary/aromatic N) is 1. The lowest BCUT2D eigenvalue weighted by atomic mass is 10.1. The van der Waals surface area contributed by atoms with Gasteiger partial charge in [0, 0.05) is 12.6 Å². The van der Waals surface area contributed by atoms with Crippen LogP contribution in [0.25, 0.3) is 0 Å². The van der Waals surface area contributed by atoms with Crippen molar-refractivity contribution in [1.29, 1.82) is 0 Å². The van der Waals surface area contributed by atoms with Gasteiger partial charge >= 0.3 is 11.8 Å². The fraction of sp³-hybridized carbons (Fsp3) is 0.312. The number of benzene rings is 1. The molecule has 0 aliphatic carbocycles. The molecule has 0 unspecified atom stereocenters. The van der Waals surface area contributed by atoms with Gasteiger partial charge in [0.2, 0.25) is 0 Å². The zero-order valence-electron chi connectivity index (χ0n) is 13.7. The number of aromatic nitrogens is 1. The highest BCUT2D eigenvalue weighted by Crippen LogP contribution is 2.27. The number of hydrogen-bond acceptors (Lipinski definition) is 6. The van der Waals surface area contributed by atoms with Crippen molar-refractivity contribution in [2.24, 2.45) is 0 Å². The van der Waals surface area contributed by atoms with Crippen LogP contribution in [0.3, 0.4) is 0 Å². The predicted octanol–water partition coefficient (Wildman–Crippen LogP) is 1.30. The van der Waals surface area contributed by atoms with Crippen molar-refractivity contribution in [2.75, 3.05) is 26.1 Å². The number of nitrogens with one attached hydrogen (secondary N) is 2. The maximum Gasteiger partial charge on any atom is 0.314 e. The Morgan fingerprint density at radius 3 is 2.50 bits per heavy atom. The van der Waals surface area contributed by atoms with Crippen LogP contribution in [-0.2, 0) is 16.0 Å². The molecule has 1 heterocycles. The molecule has 1 aromatic carbocycles. The molecule has 2 rings (SSSR count). The average Bonchev–Trinajstić information content (AvgIpc) is 2.99. The molecule has 0 atom stereocenters. The number of aryl methyl sites for hydroxylation is 1. The topological polar surface area (TPSA) is 103 Å². The third-order valence-electron chi connectivity index (χ3n) is 3.22. The minimum atomic E-state index is -0.796. The van der Waals surface area contributed by atoms with Gasteiger partial charge in [-0.15, -0.1) is 0 Å². The van der Waals surface area contributed by atoms with Gasteiger partial charge in [-0.3, -0.25) is 14.9 Å². The van der Waals surface area contributed by atoms with Crippen molar-refractivity contribution in [3.63, 3.8) is 0 Å². The molecule has 2 amide bonds. The Labute approximate surface area is 139 Å². The van der Waals surface area contributed by atoms with E-state index >= 15 is 0 Å². The van der Waals surface area contributed by atoms with Crippen molar-refractivity contribution in [3.8, 4) is 11.5 Å². The predicted molar refractivity (Wildman–Crippen MR) is 86.1 cm³/mol. The van der Waals surface area contributed by atoms with E-state index in [1.807, 2.05) is 12.1 Å². The zero-order valence-corrected chi connectivity index (χ0v) is 13.7. The van der Waals surface area contributed by atoms with Gasteiger partial charge in [-0.1, -0.05) is 11.2 Å². The van der Waals surface area contributed by atoms with Gasteiger partial charge in [0.25, 0.3) is 0 Å². The number of anilines is 1. The number of ether oxygens (including phenoxy) is 2. The van der Waals surface area contributed by atoms with Gasteiger partial charge in [-0.2, -0.15) is 0 Å². The Bertz CT molecular complexity index is 726. The minimum Gasteiger partial charge on any atom is -0.493 e. The molecule has 1 aromatic heterocycles. The van der Waals surface area contributed by atoms with E-state index in [0.29, 0.717) is 30.2 Å². The Hall–Kier alpha value is -3.03. The molecule has 2 aromatic rings. The van der Waals surface area contributed by atoms with Crippen LogP contribution in [0.1, 0.15) is 11.3 Å². The maximum absolute atomic E-state index is 11.7. The first-order valence-corrected chi connectivity index (χ1v) is 7.27. The molecule has 128 valence electrons. The lowest BCUT2D eigenvalue weighted by Gasteiger charge is -2.10. The number of hydrogen-bond donors (Lipinski definition) is 2. The standard InChI is InChI=1S/C16H19N3O5/c1-10-8-14(19-24-10)18-16(21)15(20)17-7-6-11-4-5-12(22-2)13(9-11)23-3/h4-5,8-9H,6-7H2,1-3H3,(H,17,20)(H,18,19,21). The number of carbonyl (C=O) groups excluding carboxylic acids is 2. The Kier molecular flexibility index (Phi) is 5.78. The molecule has 8 heteroatoms. The first-order chi connectivity index (χ1) is 11.5. The zero-order chi connectivity index (χ0) is 17.5. The quantitative estimate of drug-likeness (QED) is 0.773. The number of methoxy groups -OCH3 is 2. The van der Waals surface area contributed by atoms with Crippen LogP contribution in [0.5, 0.6) is 11.5 Å². The summed E-state index contributed by atoms with van der Waals surface area (Å²) in [6.07, 6.45) is 0.544. The van der Waals surface area contributed by atoms with E-state index in [4.69, 9.17) is 14.0 Å². The van der Waals surface area contributed by atoms with Crippen molar-refractivity contribution < 1.29 is 23.6 Å². The summed E-state index contributed by atoms with van der Waals surface area (Å²) in [5.74, 6) is 0.450. The van der Waals surface area contributed by atoms with E-state index in [-0.39, 0.29) is 5.82 Å². The van der Waals surface area contributed by atoms with Gasteiger partial charge in [-0.25, -0.2) is 0 Å². The van der Waals surface area contributed by atoms with E-state index in [1.54, 1.807) is 27.2 Å². The lowest BCUT2D eigenvalue weighted by molar-refractivity contribution is -0.136. The third-order valence-corrected chi connectivity index (χ3v) is 3.22. The summed E-state index contributed by atoms with van der Waals surface area (Å²) in [7, 11) is 3.12. The van der Waals surface area contributed by atoms with Crippen LogP contribution in [0.4, 0.5) is 5.82 Å². The summed E-state index contributed by atoms with van der Waals surface area (Å²) in [6, 6.07) is 7.00. The summed E-state index contributed by atoms with van der Waals surface area (Å²) in [6.45, 7) is 1.99. The molecule has 8 nitrogen and oxygen atoms in total. The molecule has 0 radical (unpaired) electrons. The average molecular weight is 333 g/mol. The minimum absolute atomic E-state index is 0.201. The smallest absolute Gasteiger partial charge is 0.314 e. The third kappa shape index (κ3) is 4.48. The molecule has 24 heavy (non-hydrogen) atoms. The van der Waals surface area contributed by atoms with Gasteiger partial charge in [0.05, 0.1) is 14.2 Å². The maximum atomic E-state index is 11.7. The highest BCUT2D eigenvalue weighted by Gasteiger charge is 2.15. The molecular formula is C16H19N3O5. The van der Waals surface area contributed by atoms with Crippen molar-refractivity contribution in [3.05, 3.63) is 35.6 Å². The molecule has 0 bridgehead atoms. The van der Waals surface area contributed by atoms with Crippen LogP contribution in [0.15, 0.2) is 28.8 Å². The Balaban J connectivity index is 1.82. The fourth-order valence-corrected chi connectivity index (χ4v) is 2.04. The first kappa shape index (κ1) is 17.3. The van der Waals surface area contributed by atoms with Gasteiger partial charge < -0.3 is 19.3 Å². The largest absolute Gasteiger partial charge is 0.493 e. The summed E-state index contributed by atoms with van der Waals surface area (Å²) >= 11 is 0. The number of carbonyl (C=O) groups is 2. The molecule has 0 fully saturated rings. The SMILES string of the molecule is COc1ccc(CCNC(=O)C(=O)Nc2cc(C)on2)cc1OC. The van der Waals surface area contributed by atoms with E-state index < -0.39 is 11.8 Å². The summed E-state index contributed by atoms with van der Waals surface area (Å²) in [5.41, 5.74) is 0.945. The molecule has 0 spiro atoms. The van der Waals surface area contributed by atoms with E-state index in [9.17, 15) is 9.59 Å². The van der Waals surface area contributed by atoms with Gasteiger partial charge in [-0.05, 0) is 31.0 Å². The van der Waals surface area contributed by atoms with Crippen molar-refractivity contribution >= 4 is 17.6 Å². The van der Waals surface area contributed by atoms with Crippen molar-refractivity contribution in [1.82, 2.24) is 10.5 Å². The lowest BCUT2D eigenvalue weighted by Crippen LogP contribution is -2.36. The Morgan fingerprint density at radius 1 is 1.12 bits per heavy atom. The molecule has 0 saturated heterocycles. The van der Waals surface area contributed by atoms with Crippen molar-refractivity contribution in [2.45, 2.75) is 13.3 Å². The molecule has 0 aliphatic heterocycles. The summed E-state index contributed by atoms with van der Waals surface area (Å²) in [4.78, 5) is 23.4. The van der Waals surface area contributed by atoms with Crippen LogP contribution in [0.2, 0.25) is 0 Å². The second kappa shape index (κ2) is 8.00. The second-order valence-electron chi connectivity index (χ2n) is 4.97. The van der Waals surface area contributed by atoms with Gasteiger partial charge in [0.15, 0.2) is 17.3 Å². The fourth-order valence-electron chi connectivity index (χ4n) is 2.04. The molecule has 0 aliphatic rings. The summed E-state index contributed by atoms with van der Waals surface area (Å²) < 4.78 is 15.2. The highest BCUT2D eigenvalue weighted by molar-refractivity contribution is 6.39.